The second kappa shape index (κ2) is 11.1. The zero-order valence-electron chi connectivity index (χ0n) is 17.1. The van der Waals surface area contributed by atoms with Crippen molar-refractivity contribution in [2.45, 2.75) is 57.1 Å². The molecule has 4 heteroatoms. The number of ether oxygens (including phenoxy) is 1. The Hall–Kier alpha value is -2.20. The predicted octanol–water partition coefficient (Wildman–Crippen LogP) is 7.42. The lowest BCUT2D eigenvalue weighted by Gasteiger charge is -2.10. The molecule has 0 aliphatic heterocycles. The van der Waals surface area contributed by atoms with Crippen molar-refractivity contribution in [3.63, 3.8) is 0 Å². The van der Waals surface area contributed by atoms with E-state index in [4.69, 9.17) is 9.15 Å². The molecule has 0 fully saturated rings. The van der Waals surface area contributed by atoms with E-state index in [1.807, 2.05) is 37.3 Å². The Kier molecular flexibility index (Phi) is 8.24. The zero-order valence-corrected chi connectivity index (χ0v) is 18.0. The third kappa shape index (κ3) is 6.14. The maximum absolute atomic E-state index is 11.9. The Morgan fingerprint density at radius 2 is 1.79 bits per heavy atom. The molecule has 154 valence electrons. The molecule has 29 heavy (non-hydrogen) atoms. The van der Waals surface area contributed by atoms with Gasteiger partial charge in [0.15, 0.2) is 11.5 Å². The van der Waals surface area contributed by atoms with Crippen molar-refractivity contribution in [1.82, 2.24) is 0 Å². The number of thiol groups is 1. The molecule has 0 N–H and O–H groups in total. The maximum atomic E-state index is 11.9. The summed E-state index contributed by atoms with van der Waals surface area (Å²) in [6, 6.07) is 18.2. The lowest BCUT2D eigenvalue weighted by molar-refractivity contribution is 0.0953. The van der Waals surface area contributed by atoms with Crippen LogP contribution in [0.5, 0.6) is 5.75 Å². The number of benzene rings is 2. The highest BCUT2D eigenvalue weighted by molar-refractivity contribution is 7.80. The van der Waals surface area contributed by atoms with E-state index in [0.29, 0.717) is 12.2 Å². The summed E-state index contributed by atoms with van der Waals surface area (Å²) in [7, 11) is 0. The van der Waals surface area contributed by atoms with Gasteiger partial charge < -0.3 is 9.15 Å². The number of hydrogen-bond acceptors (Lipinski definition) is 4. The quantitative estimate of drug-likeness (QED) is 0.192. The van der Waals surface area contributed by atoms with Crippen molar-refractivity contribution >= 4 is 29.2 Å². The number of ketones is 1. The first-order valence-corrected chi connectivity index (χ1v) is 11.1. The van der Waals surface area contributed by atoms with Gasteiger partial charge in [0.1, 0.15) is 11.5 Å². The molecule has 3 nitrogen and oxygen atoms in total. The highest BCUT2D eigenvalue weighted by Gasteiger charge is 2.15. The third-order valence-electron chi connectivity index (χ3n) is 5.09. The van der Waals surface area contributed by atoms with E-state index in [1.54, 1.807) is 6.07 Å². The van der Waals surface area contributed by atoms with E-state index in [0.717, 1.165) is 56.6 Å². The van der Waals surface area contributed by atoms with Crippen LogP contribution in [0.15, 0.2) is 59.0 Å². The average Bonchev–Trinajstić information content (AvgIpc) is 3.24. The van der Waals surface area contributed by atoms with E-state index in [2.05, 4.69) is 30.8 Å². The van der Waals surface area contributed by atoms with Crippen molar-refractivity contribution in [3.05, 3.63) is 66.1 Å². The van der Waals surface area contributed by atoms with Gasteiger partial charge in [0, 0.05) is 11.8 Å². The first kappa shape index (κ1) is 21.5. The molecule has 0 bridgehead atoms. The lowest BCUT2D eigenvalue weighted by Crippen LogP contribution is -1.98. The van der Waals surface area contributed by atoms with Crippen LogP contribution < -0.4 is 4.74 Å². The highest BCUT2D eigenvalue weighted by atomic mass is 32.1. The monoisotopic (exact) mass is 410 g/mol. The van der Waals surface area contributed by atoms with Crippen molar-refractivity contribution in [3.8, 4) is 5.75 Å². The molecule has 3 aromatic rings. The summed E-state index contributed by atoms with van der Waals surface area (Å²) in [5.41, 5.74) is 0. The fourth-order valence-electron chi connectivity index (χ4n) is 3.47. The Bertz CT molecular complexity index is 910. The van der Waals surface area contributed by atoms with Crippen LogP contribution in [-0.2, 0) is 0 Å². The van der Waals surface area contributed by atoms with Gasteiger partial charge >= 0.3 is 0 Å². The molecule has 0 spiro atoms. The molecule has 3 rings (SSSR count). The van der Waals surface area contributed by atoms with Gasteiger partial charge in [-0.2, -0.15) is 12.6 Å². The van der Waals surface area contributed by atoms with E-state index < -0.39 is 0 Å². The molecule has 0 aliphatic carbocycles. The topological polar surface area (TPSA) is 39.4 Å². The summed E-state index contributed by atoms with van der Waals surface area (Å²) in [4.78, 5) is 11.9. The fourth-order valence-corrected chi connectivity index (χ4v) is 3.79. The summed E-state index contributed by atoms with van der Waals surface area (Å²) >= 11 is 4.65. The number of furan rings is 1. The molecule has 1 aromatic heterocycles. The Balaban J connectivity index is 1.33. The molecular weight excluding hydrogens is 380 g/mol. The van der Waals surface area contributed by atoms with Gasteiger partial charge in [-0.3, -0.25) is 4.79 Å². The van der Waals surface area contributed by atoms with E-state index in [9.17, 15) is 4.79 Å². The molecule has 2 aromatic carbocycles. The highest BCUT2D eigenvalue weighted by Crippen LogP contribution is 2.29. The first-order valence-electron chi connectivity index (χ1n) is 10.6. The van der Waals surface area contributed by atoms with Gasteiger partial charge in [0.25, 0.3) is 0 Å². The van der Waals surface area contributed by atoms with Crippen molar-refractivity contribution in [2.24, 2.45) is 0 Å². The summed E-state index contributed by atoms with van der Waals surface area (Å²) in [5, 5.41) is 2.43. The van der Waals surface area contributed by atoms with Crippen molar-refractivity contribution < 1.29 is 13.9 Å². The third-order valence-corrected chi connectivity index (χ3v) is 5.60. The standard InChI is InChI=1S/C25H30O3S/c1-2-10-21(26)23-16-17-24(28-23)25(29)15-5-3-4-8-18-27-22-14-9-12-19-11-6-7-13-20(19)22/h6-7,9,11-14,16-17,25,29H,2-5,8,10,15,18H2,1H3. The lowest BCUT2D eigenvalue weighted by atomic mass is 10.1. The van der Waals surface area contributed by atoms with Crippen LogP contribution in [0, 0.1) is 0 Å². The fraction of sp³-hybridized carbons (Fsp3) is 0.400. The van der Waals surface area contributed by atoms with Gasteiger partial charge in [-0.15, -0.1) is 0 Å². The number of unbranched alkanes of at least 4 members (excludes halogenated alkanes) is 3. The van der Waals surface area contributed by atoms with Crippen molar-refractivity contribution in [2.75, 3.05) is 6.61 Å². The van der Waals surface area contributed by atoms with Crippen molar-refractivity contribution in [1.29, 1.82) is 0 Å². The minimum Gasteiger partial charge on any atom is -0.493 e. The summed E-state index contributed by atoms with van der Waals surface area (Å²) in [6.07, 6.45) is 6.71. The zero-order chi connectivity index (χ0) is 20.5. The largest absolute Gasteiger partial charge is 0.493 e. The minimum atomic E-state index is 0.0464. The van der Waals surface area contributed by atoms with E-state index in [-0.39, 0.29) is 11.0 Å². The molecule has 1 atom stereocenters. The maximum Gasteiger partial charge on any atom is 0.197 e. The molecule has 0 radical (unpaired) electrons. The SMILES string of the molecule is CCCC(=O)c1ccc(C(S)CCCCCCOc2cccc3ccccc23)o1. The summed E-state index contributed by atoms with van der Waals surface area (Å²) in [6.45, 7) is 2.73. The van der Waals surface area contributed by atoms with Crippen LogP contribution in [0.25, 0.3) is 10.8 Å². The van der Waals surface area contributed by atoms with Gasteiger partial charge in [-0.1, -0.05) is 62.6 Å². The molecule has 0 saturated heterocycles. The number of rotatable bonds is 12. The smallest absolute Gasteiger partial charge is 0.197 e. The molecule has 0 aliphatic rings. The Morgan fingerprint density at radius 1 is 1.00 bits per heavy atom. The van der Waals surface area contributed by atoms with Crippen LogP contribution in [0.3, 0.4) is 0 Å². The Morgan fingerprint density at radius 3 is 2.66 bits per heavy atom. The first-order chi connectivity index (χ1) is 14.2. The number of carbonyl (C=O) groups excluding carboxylic acids is 1. The summed E-state index contributed by atoms with van der Waals surface area (Å²) in [5.74, 6) is 2.30. The molecular formula is C25H30O3S. The van der Waals surface area contributed by atoms with Gasteiger partial charge in [-0.25, -0.2) is 0 Å². The average molecular weight is 411 g/mol. The number of Topliss-reactive ketones (excluding diaryl/α,β-unsaturated/α-hetero) is 1. The van der Waals surface area contributed by atoms with Crippen LogP contribution in [0.4, 0.5) is 0 Å². The van der Waals surface area contributed by atoms with Crippen LogP contribution in [0.2, 0.25) is 0 Å². The normalized spacial score (nSPS) is 12.2. The van der Waals surface area contributed by atoms with Gasteiger partial charge in [-0.05, 0) is 42.8 Å². The van der Waals surface area contributed by atoms with Crippen LogP contribution in [0.1, 0.15) is 73.4 Å². The van der Waals surface area contributed by atoms with E-state index >= 15 is 0 Å². The number of fused-ring (bicyclic) bond motifs is 1. The molecule has 1 heterocycles. The molecule has 0 saturated carbocycles. The van der Waals surface area contributed by atoms with Crippen LogP contribution >= 0.6 is 12.6 Å². The Labute approximate surface area is 178 Å². The van der Waals surface area contributed by atoms with Gasteiger partial charge in [0.05, 0.1) is 11.9 Å². The molecule has 0 amide bonds. The van der Waals surface area contributed by atoms with Gasteiger partial charge in [0.2, 0.25) is 0 Å². The number of hydrogen-bond donors (Lipinski definition) is 1. The summed E-state index contributed by atoms with van der Waals surface area (Å²) < 4.78 is 11.7. The van der Waals surface area contributed by atoms with Crippen LogP contribution in [-0.4, -0.2) is 12.4 Å². The van der Waals surface area contributed by atoms with E-state index in [1.165, 1.54) is 10.8 Å². The minimum absolute atomic E-state index is 0.0464. The second-order valence-electron chi connectivity index (χ2n) is 7.42. The predicted molar refractivity (Wildman–Crippen MR) is 122 cm³/mol. The number of carbonyl (C=O) groups is 1. The molecule has 1 unspecified atom stereocenters. The second-order valence-corrected chi connectivity index (χ2v) is 8.04.